The lowest BCUT2D eigenvalue weighted by atomic mass is 10.1. The Labute approximate surface area is 171 Å². The van der Waals surface area contributed by atoms with Gasteiger partial charge in [0, 0.05) is 29.5 Å². The number of nitrogens with one attached hydrogen (secondary N) is 1. The maximum absolute atomic E-state index is 9.41. The number of nitrogens with two attached hydrogens (primary N) is 2. The van der Waals surface area contributed by atoms with Crippen LogP contribution in [-0.4, -0.2) is 24.5 Å². The average Bonchev–Trinajstić information content (AvgIpc) is 3.07. The van der Waals surface area contributed by atoms with E-state index in [0.717, 1.165) is 22.3 Å². The first kappa shape index (κ1) is 18.5. The van der Waals surface area contributed by atoms with E-state index >= 15 is 0 Å². The third-order valence-electron chi connectivity index (χ3n) is 4.45. The fraction of sp³-hybridized carbons (Fsp3) is 0.105. The highest BCUT2D eigenvalue weighted by molar-refractivity contribution is 6.31. The van der Waals surface area contributed by atoms with Gasteiger partial charge in [-0.1, -0.05) is 11.6 Å². The molecule has 0 spiro atoms. The summed E-state index contributed by atoms with van der Waals surface area (Å²) in [7, 11) is 0. The monoisotopic (exact) mass is 405 g/mol. The summed E-state index contributed by atoms with van der Waals surface area (Å²) in [6, 6.07) is 7.37. The van der Waals surface area contributed by atoms with Crippen molar-refractivity contribution in [1.29, 1.82) is 5.26 Å². The molecule has 0 fully saturated rings. The van der Waals surface area contributed by atoms with Gasteiger partial charge in [0.2, 0.25) is 5.95 Å². The average molecular weight is 406 g/mol. The van der Waals surface area contributed by atoms with E-state index in [4.69, 9.17) is 23.1 Å². The lowest BCUT2D eigenvalue weighted by molar-refractivity contribution is 0.874. The van der Waals surface area contributed by atoms with Gasteiger partial charge in [-0.25, -0.2) is 4.98 Å². The van der Waals surface area contributed by atoms with Crippen molar-refractivity contribution in [2.24, 2.45) is 0 Å². The number of nitrogens with zero attached hydrogens (tertiary/aromatic N) is 6. The summed E-state index contributed by atoms with van der Waals surface area (Å²) >= 11 is 6.20. The van der Waals surface area contributed by atoms with Gasteiger partial charge in [0.05, 0.1) is 22.9 Å². The Morgan fingerprint density at radius 1 is 1.28 bits per heavy atom. The SMILES string of the molecule is CC(Nc1nc(N)nc(N)c1C#N)c1cn(-c2cccnc2)c2ncc(Cl)cc12. The van der Waals surface area contributed by atoms with Crippen molar-refractivity contribution in [2.75, 3.05) is 16.8 Å². The molecule has 0 amide bonds. The lowest BCUT2D eigenvalue weighted by Gasteiger charge is -2.16. The van der Waals surface area contributed by atoms with Crippen molar-refractivity contribution in [1.82, 2.24) is 24.5 Å². The summed E-state index contributed by atoms with van der Waals surface area (Å²) in [6.07, 6.45) is 7.00. The first-order valence-electron chi connectivity index (χ1n) is 8.64. The van der Waals surface area contributed by atoms with Crippen molar-refractivity contribution in [3.8, 4) is 11.8 Å². The van der Waals surface area contributed by atoms with E-state index in [1.54, 1.807) is 18.6 Å². The van der Waals surface area contributed by atoms with Crippen molar-refractivity contribution < 1.29 is 0 Å². The van der Waals surface area contributed by atoms with E-state index in [-0.39, 0.29) is 29.2 Å². The Bertz CT molecular complexity index is 1240. The summed E-state index contributed by atoms with van der Waals surface area (Å²) < 4.78 is 1.93. The molecule has 10 heteroatoms. The van der Waals surface area contributed by atoms with Crippen LogP contribution < -0.4 is 16.8 Å². The molecular formula is C19H16ClN9. The van der Waals surface area contributed by atoms with Gasteiger partial charge in [-0.3, -0.25) is 9.55 Å². The fourth-order valence-electron chi connectivity index (χ4n) is 3.14. The minimum atomic E-state index is -0.267. The van der Waals surface area contributed by atoms with Crippen LogP contribution in [0.15, 0.2) is 43.0 Å². The molecule has 4 aromatic rings. The number of aromatic nitrogens is 5. The Kier molecular flexibility index (Phi) is 4.62. The van der Waals surface area contributed by atoms with Crippen LogP contribution in [0.25, 0.3) is 16.7 Å². The Morgan fingerprint density at radius 3 is 2.83 bits per heavy atom. The molecular weight excluding hydrogens is 390 g/mol. The van der Waals surface area contributed by atoms with Gasteiger partial charge >= 0.3 is 0 Å². The third-order valence-corrected chi connectivity index (χ3v) is 4.66. The largest absolute Gasteiger partial charge is 0.382 e. The zero-order valence-corrected chi connectivity index (χ0v) is 16.1. The van der Waals surface area contributed by atoms with Crippen LogP contribution in [0.1, 0.15) is 24.1 Å². The molecule has 0 aliphatic carbocycles. The predicted molar refractivity (Wildman–Crippen MR) is 111 cm³/mol. The number of hydrogen-bond acceptors (Lipinski definition) is 8. The van der Waals surface area contributed by atoms with Crippen molar-refractivity contribution in [3.05, 3.63) is 59.1 Å². The predicted octanol–water partition coefficient (Wildman–Crippen LogP) is 3.07. The van der Waals surface area contributed by atoms with Crippen LogP contribution in [0.3, 0.4) is 0 Å². The highest BCUT2D eigenvalue weighted by Crippen LogP contribution is 2.32. The van der Waals surface area contributed by atoms with Gasteiger partial charge in [-0.05, 0) is 25.1 Å². The second-order valence-electron chi connectivity index (χ2n) is 6.36. The molecule has 0 aliphatic heterocycles. The molecule has 5 N–H and O–H groups in total. The second kappa shape index (κ2) is 7.26. The molecule has 1 unspecified atom stereocenters. The van der Waals surface area contributed by atoms with E-state index in [9.17, 15) is 5.26 Å². The summed E-state index contributed by atoms with van der Waals surface area (Å²) in [5.74, 6) is 0.276. The zero-order chi connectivity index (χ0) is 20.5. The van der Waals surface area contributed by atoms with Crippen molar-refractivity contribution >= 4 is 40.2 Å². The van der Waals surface area contributed by atoms with Gasteiger partial charge in [-0.2, -0.15) is 15.2 Å². The van der Waals surface area contributed by atoms with E-state index in [2.05, 4.69) is 25.3 Å². The number of anilines is 3. The Morgan fingerprint density at radius 2 is 2.10 bits per heavy atom. The van der Waals surface area contributed by atoms with Gasteiger partial charge in [0.1, 0.15) is 23.1 Å². The van der Waals surface area contributed by atoms with Crippen LogP contribution in [0, 0.1) is 11.3 Å². The number of hydrogen-bond donors (Lipinski definition) is 3. The molecule has 1 atom stereocenters. The molecule has 0 radical (unpaired) electrons. The molecule has 0 saturated heterocycles. The standard InChI is InChI=1S/C19H16ClN9/c1-10(26-17-14(6-21)16(22)27-19(23)28-17)15-9-29(12-3-2-4-24-8-12)18-13(15)5-11(20)7-25-18/h2-5,7-10H,1H3,(H5,22,23,26,27,28). The van der Waals surface area contributed by atoms with Gasteiger partial charge < -0.3 is 16.8 Å². The topological polar surface area (TPSA) is 144 Å². The molecule has 4 heterocycles. The molecule has 0 aromatic carbocycles. The highest BCUT2D eigenvalue weighted by atomic mass is 35.5. The molecule has 0 aliphatic rings. The molecule has 29 heavy (non-hydrogen) atoms. The van der Waals surface area contributed by atoms with Crippen molar-refractivity contribution in [3.63, 3.8) is 0 Å². The van der Waals surface area contributed by atoms with Crippen LogP contribution in [-0.2, 0) is 0 Å². The van der Waals surface area contributed by atoms with E-state index < -0.39 is 0 Å². The maximum atomic E-state index is 9.41. The number of nitriles is 1. The minimum Gasteiger partial charge on any atom is -0.382 e. The van der Waals surface area contributed by atoms with Crippen LogP contribution in [0.5, 0.6) is 0 Å². The minimum absolute atomic E-state index is 0.0151. The smallest absolute Gasteiger partial charge is 0.224 e. The van der Waals surface area contributed by atoms with Gasteiger partial charge in [0.15, 0.2) is 5.82 Å². The summed E-state index contributed by atoms with van der Waals surface area (Å²) in [6.45, 7) is 1.93. The summed E-state index contributed by atoms with van der Waals surface area (Å²) in [5.41, 5.74) is 14.1. The second-order valence-corrected chi connectivity index (χ2v) is 6.80. The quantitative estimate of drug-likeness (QED) is 0.469. The molecule has 4 aromatic heterocycles. The summed E-state index contributed by atoms with van der Waals surface area (Å²) in [5, 5.41) is 14.0. The highest BCUT2D eigenvalue weighted by Gasteiger charge is 2.19. The van der Waals surface area contributed by atoms with Gasteiger partial charge in [-0.15, -0.1) is 0 Å². The van der Waals surface area contributed by atoms with Crippen LogP contribution >= 0.6 is 11.6 Å². The Balaban J connectivity index is 1.82. The van der Waals surface area contributed by atoms with E-state index in [1.165, 1.54) is 0 Å². The number of nitrogen functional groups attached to an aromatic ring is 2. The maximum Gasteiger partial charge on any atom is 0.224 e. The molecule has 9 nitrogen and oxygen atoms in total. The van der Waals surface area contributed by atoms with Crippen LogP contribution in [0.4, 0.5) is 17.6 Å². The molecule has 4 rings (SSSR count). The number of fused-ring (bicyclic) bond motifs is 1. The van der Waals surface area contributed by atoms with E-state index in [0.29, 0.717) is 5.02 Å². The van der Waals surface area contributed by atoms with Crippen molar-refractivity contribution in [2.45, 2.75) is 13.0 Å². The van der Waals surface area contributed by atoms with Gasteiger partial charge in [0.25, 0.3) is 0 Å². The lowest BCUT2D eigenvalue weighted by Crippen LogP contribution is -2.12. The number of halogens is 1. The van der Waals surface area contributed by atoms with Crippen LogP contribution in [0.2, 0.25) is 5.02 Å². The Hall–Kier alpha value is -3.90. The summed E-state index contributed by atoms with van der Waals surface area (Å²) in [4.78, 5) is 16.6. The first-order chi connectivity index (χ1) is 14.0. The zero-order valence-electron chi connectivity index (χ0n) is 15.3. The third kappa shape index (κ3) is 3.37. The molecule has 144 valence electrons. The fourth-order valence-corrected chi connectivity index (χ4v) is 3.30. The molecule has 0 saturated carbocycles. The van der Waals surface area contributed by atoms with E-state index in [1.807, 2.05) is 42.0 Å². The normalized spacial score (nSPS) is 11.9. The molecule has 0 bridgehead atoms. The number of pyridine rings is 2. The number of rotatable bonds is 4. The first-order valence-corrected chi connectivity index (χ1v) is 9.02.